The quantitative estimate of drug-likeness (QED) is 0.227. The lowest BCUT2D eigenvalue weighted by Crippen LogP contribution is -2.25. The molecule has 2 fully saturated rings. The van der Waals surface area contributed by atoms with Gasteiger partial charge in [-0.05, 0) is 105 Å². The molecule has 38 heavy (non-hydrogen) atoms. The molecule has 0 amide bonds. The van der Waals surface area contributed by atoms with E-state index in [4.69, 9.17) is 9.47 Å². The summed E-state index contributed by atoms with van der Waals surface area (Å²) >= 11 is 0. The van der Waals surface area contributed by atoms with Crippen molar-refractivity contribution >= 4 is 5.97 Å². The fourth-order valence-electron chi connectivity index (χ4n) is 6.25. The Balaban J connectivity index is 1.30. The monoisotopic (exact) mass is 530 g/mol. The van der Waals surface area contributed by atoms with Crippen molar-refractivity contribution in [2.24, 2.45) is 5.92 Å². The smallest absolute Gasteiger partial charge is 0.341 e. The largest absolute Gasteiger partial charge is 0.491 e. The molecule has 6 heteroatoms. The van der Waals surface area contributed by atoms with Crippen LogP contribution in [0.1, 0.15) is 124 Å². The van der Waals surface area contributed by atoms with Crippen molar-refractivity contribution in [2.45, 2.75) is 109 Å². The van der Waals surface area contributed by atoms with Crippen LogP contribution in [0.4, 0.5) is 13.2 Å². The fraction of sp³-hybridized carbons (Fsp3) is 0.594. The summed E-state index contributed by atoms with van der Waals surface area (Å²) in [6.45, 7) is 4.41. The maximum atomic E-state index is 15.1. The molecule has 2 aliphatic rings. The number of hydrogen-bond acceptors (Lipinski definition) is 3. The van der Waals surface area contributed by atoms with Gasteiger partial charge in [-0.2, -0.15) is 0 Å². The molecular formula is C32H41F3O3. The van der Waals surface area contributed by atoms with E-state index in [0.717, 1.165) is 44.1 Å². The predicted octanol–water partition coefficient (Wildman–Crippen LogP) is 9.24. The lowest BCUT2D eigenvalue weighted by molar-refractivity contribution is 0.0189. The Morgan fingerprint density at radius 3 is 2.21 bits per heavy atom. The van der Waals surface area contributed by atoms with Crippen LogP contribution in [0.25, 0.3) is 0 Å². The van der Waals surface area contributed by atoms with E-state index in [1.807, 2.05) is 13.0 Å². The first-order valence-electron chi connectivity index (χ1n) is 14.5. The molecule has 4 rings (SSSR count). The van der Waals surface area contributed by atoms with Crippen LogP contribution in [-0.2, 0) is 4.74 Å². The number of ether oxygens (including phenoxy) is 2. The molecule has 0 bridgehead atoms. The second kappa shape index (κ2) is 13.5. The first-order chi connectivity index (χ1) is 18.4. The second-order valence-corrected chi connectivity index (χ2v) is 11.0. The molecule has 2 aliphatic carbocycles. The van der Waals surface area contributed by atoms with Gasteiger partial charge in [0.15, 0.2) is 23.2 Å². The molecule has 0 N–H and O–H groups in total. The number of rotatable bonds is 10. The third kappa shape index (κ3) is 6.92. The minimum absolute atomic E-state index is 0.000268. The Morgan fingerprint density at radius 2 is 1.55 bits per heavy atom. The van der Waals surface area contributed by atoms with Crippen LogP contribution in [0.5, 0.6) is 5.75 Å². The van der Waals surface area contributed by atoms with Crippen LogP contribution < -0.4 is 4.74 Å². The van der Waals surface area contributed by atoms with E-state index in [9.17, 15) is 13.6 Å². The summed E-state index contributed by atoms with van der Waals surface area (Å²) in [5.74, 6) is -2.11. The van der Waals surface area contributed by atoms with E-state index in [-0.39, 0.29) is 35.1 Å². The van der Waals surface area contributed by atoms with Gasteiger partial charge in [-0.15, -0.1) is 0 Å². The van der Waals surface area contributed by atoms with E-state index in [1.54, 1.807) is 12.1 Å². The van der Waals surface area contributed by atoms with E-state index in [1.165, 1.54) is 37.8 Å². The highest BCUT2D eigenvalue weighted by molar-refractivity contribution is 5.90. The van der Waals surface area contributed by atoms with Gasteiger partial charge in [-0.1, -0.05) is 44.7 Å². The number of hydrogen-bond donors (Lipinski definition) is 0. The number of esters is 1. The molecule has 208 valence electrons. The molecule has 2 aromatic carbocycles. The summed E-state index contributed by atoms with van der Waals surface area (Å²) in [6, 6.07) is 8.01. The van der Waals surface area contributed by atoms with Gasteiger partial charge in [0.25, 0.3) is 0 Å². The summed E-state index contributed by atoms with van der Waals surface area (Å²) in [5, 5.41) is 0. The molecule has 2 aromatic rings. The molecule has 0 atom stereocenters. The Labute approximate surface area is 225 Å². The third-order valence-corrected chi connectivity index (χ3v) is 8.51. The summed E-state index contributed by atoms with van der Waals surface area (Å²) in [6.07, 6.45) is 11.0. The maximum absolute atomic E-state index is 15.1. The molecule has 3 nitrogen and oxygen atoms in total. The van der Waals surface area contributed by atoms with Crippen molar-refractivity contribution in [3.63, 3.8) is 0 Å². The zero-order valence-corrected chi connectivity index (χ0v) is 22.7. The average Bonchev–Trinajstić information content (AvgIpc) is 2.92. The highest BCUT2D eigenvalue weighted by Gasteiger charge is 2.30. The van der Waals surface area contributed by atoms with Crippen molar-refractivity contribution in [3.05, 3.63) is 64.5 Å². The zero-order chi connectivity index (χ0) is 27.1. The number of carbonyl (C=O) groups excluding carboxylic acids is 1. The minimum Gasteiger partial charge on any atom is -0.491 e. The van der Waals surface area contributed by atoms with Gasteiger partial charge in [0, 0.05) is 0 Å². The van der Waals surface area contributed by atoms with Crippen LogP contribution in [0.15, 0.2) is 30.3 Å². The first-order valence-corrected chi connectivity index (χ1v) is 14.5. The molecule has 0 saturated heterocycles. The van der Waals surface area contributed by atoms with Gasteiger partial charge in [-0.3, -0.25) is 0 Å². The van der Waals surface area contributed by atoms with Crippen LogP contribution >= 0.6 is 0 Å². The standard InChI is InChI=1S/C32H41F3O3/c1-3-5-6-7-21-8-10-23(11-9-21)26-17-18-27(31(35)30(26)34)32(36)38-25-15-12-22(13-16-25)24-14-19-29(37-4-2)28(33)20-24/h14,17-23,25H,3-13,15-16H2,1-2H3. The molecule has 0 unspecified atom stereocenters. The normalized spacial score (nSPS) is 23.7. The Hall–Kier alpha value is -2.50. The molecular weight excluding hydrogens is 489 g/mol. The third-order valence-electron chi connectivity index (χ3n) is 8.51. The number of halogens is 3. The molecule has 0 aliphatic heterocycles. The van der Waals surface area contributed by atoms with Crippen molar-refractivity contribution in [2.75, 3.05) is 6.61 Å². The fourth-order valence-corrected chi connectivity index (χ4v) is 6.25. The van der Waals surface area contributed by atoms with Gasteiger partial charge < -0.3 is 9.47 Å². The number of unbranched alkanes of at least 4 members (excludes halogenated alkanes) is 2. The maximum Gasteiger partial charge on any atom is 0.341 e. The minimum atomic E-state index is -1.10. The molecule has 0 aromatic heterocycles. The van der Waals surface area contributed by atoms with E-state index < -0.39 is 17.6 Å². The Morgan fingerprint density at radius 1 is 0.842 bits per heavy atom. The molecule has 0 radical (unpaired) electrons. The lowest BCUT2D eigenvalue weighted by Gasteiger charge is -2.30. The molecule has 0 heterocycles. The van der Waals surface area contributed by atoms with Crippen molar-refractivity contribution in [1.82, 2.24) is 0 Å². The summed E-state index contributed by atoms with van der Waals surface area (Å²) in [7, 11) is 0. The van der Waals surface area contributed by atoms with Crippen molar-refractivity contribution in [3.8, 4) is 5.75 Å². The van der Waals surface area contributed by atoms with Gasteiger partial charge >= 0.3 is 5.97 Å². The van der Waals surface area contributed by atoms with Gasteiger partial charge in [0.2, 0.25) is 0 Å². The zero-order valence-electron chi connectivity index (χ0n) is 22.7. The molecule has 0 spiro atoms. The van der Waals surface area contributed by atoms with E-state index in [2.05, 4.69) is 6.92 Å². The average molecular weight is 531 g/mol. The van der Waals surface area contributed by atoms with Crippen LogP contribution in [-0.4, -0.2) is 18.7 Å². The van der Waals surface area contributed by atoms with Crippen molar-refractivity contribution < 1.29 is 27.4 Å². The van der Waals surface area contributed by atoms with Crippen LogP contribution in [0.2, 0.25) is 0 Å². The SMILES string of the molecule is CCCCCC1CCC(c2ccc(C(=O)OC3CCC(c4ccc(OCC)c(F)c4)CC3)c(F)c2F)CC1. The lowest BCUT2D eigenvalue weighted by atomic mass is 9.76. The summed E-state index contributed by atoms with van der Waals surface area (Å²) in [5.41, 5.74) is 0.943. The second-order valence-electron chi connectivity index (χ2n) is 11.0. The van der Waals surface area contributed by atoms with Crippen LogP contribution in [0.3, 0.4) is 0 Å². The highest BCUT2D eigenvalue weighted by atomic mass is 19.2. The van der Waals surface area contributed by atoms with E-state index >= 15 is 4.39 Å². The summed E-state index contributed by atoms with van der Waals surface area (Å²) < 4.78 is 55.2. The Kier molecular flexibility index (Phi) is 10.1. The van der Waals surface area contributed by atoms with Gasteiger partial charge in [-0.25, -0.2) is 18.0 Å². The topological polar surface area (TPSA) is 35.5 Å². The Bertz CT molecular complexity index is 1070. The first kappa shape index (κ1) is 28.5. The number of carbonyl (C=O) groups is 1. The highest BCUT2D eigenvalue weighted by Crippen LogP contribution is 2.40. The van der Waals surface area contributed by atoms with Gasteiger partial charge in [0.1, 0.15) is 6.10 Å². The van der Waals surface area contributed by atoms with Crippen LogP contribution in [0, 0.1) is 23.4 Å². The predicted molar refractivity (Wildman–Crippen MR) is 143 cm³/mol. The van der Waals surface area contributed by atoms with E-state index in [0.29, 0.717) is 30.9 Å². The van der Waals surface area contributed by atoms with Crippen molar-refractivity contribution in [1.29, 1.82) is 0 Å². The van der Waals surface area contributed by atoms with Gasteiger partial charge in [0.05, 0.1) is 12.2 Å². The molecule has 2 saturated carbocycles. The number of benzene rings is 2. The summed E-state index contributed by atoms with van der Waals surface area (Å²) in [4.78, 5) is 12.7.